The summed E-state index contributed by atoms with van der Waals surface area (Å²) in [7, 11) is 0. The molecule has 0 spiro atoms. The second-order valence-corrected chi connectivity index (χ2v) is 5.33. The van der Waals surface area contributed by atoms with E-state index in [1.807, 2.05) is 13.0 Å². The lowest BCUT2D eigenvalue weighted by Crippen LogP contribution is -2.35. The normalized spacial score (nSPS) is 11.7. The predicted molar refractivity (Wildman–Crippen MR) is 89.6 cm³/mol. The Hall–Kier alpha value is -2.46. The molecular formula is C19H21NO3. The van der Waals surface area contributed by atoms with E-state index in [9.17, 15) is 9.59 Å². The van der Waals surface area contributed by atoms with Gasteiger partial charge in [-0.05, 0) is 18.9 Å². The Morgan fingerprint density at radius 2 is 1.61 bits per heavy atom. The Bertz CT molecular complexity index is 667. The molecule has 0 aliphatic carbocycles. The Balaban J connectivity index is 2.27. The maximum absolute atomic E-state index is 12.6. The SMILES string of the molecule is CCC(CCO)NC(=O)c1ccccc1C(=O)c1ccccc1. The number of hydrogen-bond acceptors (Lipinski definition) is 3. The fourth-order valence-electron chi connectivity index (χ4n) is 2.42. The van der Waals surface area contributed by atoms with Gasteiger partial charge in [0, 0.05) is 23.8 Å². The van der Waals surface area contributed by atoms with Crippen LogP contribution in [0.3, 0.4) is 0 Å². The van der Waals surface area contributed by atoms with Gasteiger partial charge in [-0.1, -0.05) is 55.5 Å². The van der Waals surface area contributed by atoms with E-state index in [4.69, 9.17) is 5.11 Å². The lowest BCUT2D eigenvalue weighted by atomic mass is 9.97. The molecule has 0 aromatic heterocycles. The number of aliphatic hydroxyl groups is 1. The van der Waals surface area contributed by atoms with Crippen LogP contribution in [0.25, 0.3) is 0 Å². The zero-order valence-corrected chi connectivity index (χ0v) is 13.2. The average molecular weight is 311 g/mol. The largest absolute Gasteiger partial charge is 0.396 e. The molecule has 0 bridgehead atoms. The van der Waals surface area contributed by atoms with Crippen molar-refractivity contribution in [1.82, 2.24) is 5.32 Å². The van der Waals surface area contributed by atoms with Crippen LogP contribution in [-0.2, 0) is 0 Å². The van der Waals surface area contributed by atoms with Crippen molar-refractivity contribution in [3.63, 3.8) is 0 Å². The second kappa shape index (κ2) is 8.25. The summed E-state index contributed by atoms with van der Waals surface area (Å²) in [6.45, 7) is 1.96. The summed E-state index contributed by atoms with van der Waals surface area (Å²) in [5, 5.41) is 11.9. The standard InChI is InChI=1S/C19H21NO3/c1-2-15(12-13-21)20-19(23)17-11-7-6-10-16(17)18(22)14-8-4-3-5-9-14/h3-11,15,21H,2,12-13H2,1H3,(H,20,23). The number of hydrogen-bond donors (Lipinski definition) is 2. The zero-order valence-electron chi connectivity index (χ0n) is 13.2. The number of aliphatic hydroxyl groups excluding tert-OH is 1. The molecule has 0 aliphatic rings. The third kappa shape index (κ3) is 4.27. The van der Waals surface area contributed by atoms with Crippen LogP contribution in [0.15, 0.2) is 54.6 Å². The average Bonchev–Trinajstić information content (AvgIpc) is 2.61. The van der Waals surface area contributed by atoms with E-state index in [2.05, 4.69) is 5.32 Å². The highest BCUT2D eigenvalue weighted by Crippen LogP contribution is 2.15. The van der Waals surface area contributed by atoms with Crippen LogP contribution in [0, 0.1) is 0 Å². The highest BCUT2D eigenvalue weighted by molar-refractivity contribution is 6.15. The molecule has 0 fully saturated rings. The first-order valence-corrected chi connectivity index (χ1v) is 7.77. The van der Waals surface area contributed by atoms with Crippen molar-refractivity contribution in [3.8, 4) is 0 Å². The summed E-state index contributed by atoms with van der Waals surface area (Å²) in [6.07, 6.45) is 1.22. The monoisotopic (exact) mass is 311 g/mol. The maximum atomic E-state index is 12.6. The van der Waals surface area contributed by atoms with Gasteiger partial charge in [0.05, 0.1) is 5.56 Å². The molecule has 0 radical (unpaired) electrons. The number of nitrogens with one attached hydrogen (secondary N) is 1. The lowest BCUT2D eigenvalue weighted by Gasteiger charge is -2.17. The van der Waals surface area contributed by atoms with Gasteiger partial charge in [-0.3, -0.25) is 9.59 Å². The second-order valence-electron chi connectivity index (χ2n) is 5.33. The zero-order chi connectivity index (χ0) is 16.7. The molecule has 0 saturated heterocycles. The van der Waals surface area contributed by atoms with Gasteiger partial charge in [-0.15, -0.1) is 0 Å². The van der Waals surface area contributed by atoms with Gasteiger partial charge < -0.3 is 10.4 Å². The highest BCUT2D eigenvalue weighted by Gasteiger charge is 2.19. The maximum Gasteiger partial charge on any atom is 0.252 e. The van der Waals surface area contributed by atoms with Crippen LogP contribution < -0.4 is 5.32 Å². The van der Waals surface area contributed by atoms with Gasteiger partial charge in [0.25, 0.3) is 5.91 Å². The van der Waals surface area contributed by atoms with Crippen LogP contribution in [0.4, 0.5) is 0 Å². The van der Waals surface area contributed by atoms with E-state index in [0.717, 1.165) is 6.42 Å². The van der Waals surface area contributed by atoms with Crippen LogP contribution in [-0.4, -0.2) is 29.4 Å². The van der Waals surface area contributed by atoms with Gasteiger partial charge in [-0.2, -0.15) is 0 Å². The molecule has 2 aromatic carbocycles. The molecule has 1 amide bonds. The fraction of sp³-hybridized carbons (Fsp3) is 0.263. The molecule has 0 saturated carbocycles. The van der Waals surface area contributed by atoms with Gasteiger partial charge in [0.1, 0.15) is 0 Å². The quantitative estimate of drug-likeness (QED) is 0.773. The van der Waals surface area contributed by atoms with E-state index in [1.165, 1.54) is 0 Å². The topological polar surface area (TPSA) is 66.4 Å². The molecule has 0 aliphatic heterocycles. The smallest absolute Gasteiger partial charge is 0.252 e. The number of amides is 1. The third-order valence-electron chi connectivity index (χ3n) is 3.76. The molecule has 120 valence electrons. The predicted octanol–water partition coefficient (Wildman–Crippen LogP) is 2.81. The molecule has 1 unspecified atom stereocenters. The van der Waals surface area contributed by atoms with E-state index in [-0.39, 0.29) is 24.3 Å². The van der Waals surface area contributed by atoms with Crippen molar-refractivity contribution in [2.24, 2.45) is 0 Å². The summed E-state index contributed by atoms with van der Waals surface area (Å²) in [6, 6.07) is 15.6. The lowest BCUT2D eigenvalue weighted by molar-refractivity contribution is 0.0919. The summed E-state index contributed by atoms with van der Waals surface area (Å²) in [4.78, 5) is 25.1. The summed E-state index contributed by atoms with van der Waals surface area (Å²) in [5.74, 6) is -0.461. The molecule has 1 atom stereocenters. The number of carbonyl (C=O) groups is 2. The van der Waals surface area contributed by atoms with Gasteiger partial charge in [-0.25, -0.2) is 0 Å². The Morgan fingerprint density at radius 1 is 1.00 bits per heavy atom. The minimum absolute atomic E-state index is 0.0172. The van der Waals surface area contributed by atoms with E-state index in [0.29, 0.717) is 23.1 Å². The first-order valence-electron chi connectivity index (χ1n) is 7.77. The van der Waals surface area contributed by atoms with Gasteiger partial charge in [0.2, 0.25) is 0 Å². The fourth-order valence-corrected chi connectivity index (χ4v) is 2.42. The van der Waals surface area contributed by atoms with Crippen molar-refractivity contribution in [3.05, 3.63) is 71.3 Å². The van der Waals surface area contributed by atoms with Crippen molar-refractivity contribution in [2.75, 3.05) is 6.61 Å². The molecule has 4 nitrogen and oxygen atoms in total. The van der Waals surface area contributed by atoms with Crippen molar-refractivity contribution >= 4 is 11.7 Å². The minimum atomic E-state index is -0.287. The molecule has 0 heterocycles. The van der Waals surface area contributed by atoms with Crippen molar-refractivity contribution < 1.29 is 14.7 Å². The number of rotatable bonds is 7. The van der Waals surface area contributed by atoms with E-state index in [1.54, 1.807) is 48.5 Å². The molecule has 2 rings (SSSR count). The number of ketones is 1. The molecule has 2 aromatic rings. The summed E-state index contributed by atoms with van der Waals surface area (Å²) in [5.41, 5.74) is 1.29. The minimum Gasteiger partial charge on any atom is -0.396 e. The molecule has 23 heavy (non-hydrogen) atoms. The van der Waals surface area contributed by atoms with Crippen molar-refractivity contribution in [2.45, 2.75) is 25.8 Å². The molecule has 4 heteroatoms. The van der Waals surface area contributed by atoms with Crippen LogP contribution in [0.5, 0.6) is 0 Å². The van der Waals surface area contributed by atoms with E-state index >= 15 is 0 Å². The Labute approximate surface area is 136 Å². The van der Waals surface area contributed by atoms with Crippen LogP contribution in [0.1, 0.15) is 46.0 Å². The first kappa shape index (κ1) is 16.9. The summed E-state index contributed by atoms with van der Waals surface area (Å²) >= 11 is 0. The van der Waals surface area contributed by atoms with Gasteiger partial charge >= 0.3 is 0 Å². The Morgan fingerprint density at radius 3 is 2.22 bits per heavy atom. The van der Waals surface area contributed by atoms with E-state index < -0.39 is 0 Å². The van der Waals surface area contributed by atoms with Crippen LogP contribution in [0.2, 0.25) is 0 Å². The van der Waals surface area contributed by atoms with Crippen molar-refractivity contribution in [1.29, 1.82) is 0 Å². The third-order valence-corrected chi connectivity index (χ3v) is 3.76. The number of benzene rings is 2. The first-order chi connectivity index (χ1) is 11.2. The molecule has 2 N–H and O–H groups in total. The van der Waals surface area contributed by atoms with Gasteiger partial charge in [0.15, 0.2) is 5.78 Å². The summed E-state index contributed by atoms with van der Waals surface area (Å²) < 4.78 is 0. The van der Waals surface area contributed by atoms with Crippen LogP contribution >= 0.6 is 0 Å². The number of carbonyl (C=O) groups excluding carboxylic acids is 2. The Kier molecular flexibility index (Phi) is 6.06. The molecular weight excluding hydrogens is 290 g/mol. The highest BCUT2D eigenvalue weighted by atomic mass is 16.3.